The summed E-state index contributed by atoms with van der Waals surface area (Å²) in [5.41, 5.74) is 2.22. The monoisotopic (exact) mass is 616 g/mol. The van der Waals surface area contributed by atoms with Crippen molar-refractivity contribution in [3.8, 4) is 0 Å². The van der Waals surface area contributed by atoms with Crippen LogP contribution in [-0.2, 0) is 38.2 Å². The van der Waals surface area contributed by atoms with Gasteiger partial charge in [0.05, 0.1) is 23.7 Å². The van der Waals surface area contributed by atoms with E-state index in [0.717, 1.165) is 5.56 Å². The number of cyclic esters (lactones) is 2. The minimum absolute atomic E-state index is 0. The molecular weight excluding hydrogens is 568 g/mol. The molecule has 1 aliphatic rings. The molecule has 0 bridgehead atoms. The molecule has 1 aliphatic heterocycles. The van der Waals surface area contributed by atoms with E-state index < -0.39 is 35.7 Å². The van der Waals surface area contributed by atoms with Crippen molar-refractivity contribution in [1.82, 2.24) is 0 Å². The summed E-state index contributed by atoms with van der Waals surface area (Å²) in [6.45, 7) is 9.55. The van der Waals surface area contributed by atoms with Crippen molar-refractivity contribution < 1.29 is 48.5 Å². The summed E-state index contributed by atoms with van der Waals surface area (Å²) in [4.78, 5) is 64.5. The molecule has 0 saturated carbocycles. The number of benzene rings is 2. The van der Waals surface area contributed by atoms with Crippen LogP contribution in [0.3, 0.4) is 0 Å². The Morgan fingerprint density at radius 2 is 1.18 bits per heavy atom. The minimum Gasteiger partial charge on any atom is -0.481 e. The van der Waals surface area contributed by atoms with Crippen molar-refractivity contribution in [2.45, 2.75) is 81.1 Å². The topological polar surface area (TPSA) is 161 Å². The molecule has 0 aliphatic carbocycles. The number of carboxylic acid groups (broad SMARTS) is 2. The number of carboxylic acids is 2. The van der Waals surface area contributed by atoms with Gasteiger partial charge in [-0.15, -0.1) is 0 Å². The normalized spacial score (nSPS) is 17.6. The van der Waals surface area contributed by atoms with E-state index in [0.29, 0.717) is 12.8 Å². The molecule has 1 saturated heterocycles. The molecule has 6 atom stereocenters. The Hall–Kier alpha value is -4.34. The lowest BCUT2D eigenvalue weighted by atomic mass is 9.83. The Morgan fingerprint density at radius 1 is 0.750 bits per heavy atom. The zero-order valence-corrected chi connectivity index (χ0v) is 24.8. The highest BCUT2D eigenvalue weighted by Gasteiger charge is 2.41. The van der Waals surface area contributed by atoms with Crippen LogP contribution in [0.1, 0.15) is 92.2 Å². The molecule has 10 heteroatoms. The van der Waals surface area contributed by atoms with Crippen LogP contribution in [0, 0.1) is 23.7 Å². The van der Waals surface area contributed by atoms with Gasteiger partial charge in [-0.2, -0.15) is 0 Å². The van der Waals surface area contributed by atoms with E-state index in [1.54, 1.807) is 6.92 Å². The first-order chi connectivity index (χ1) is 19.6. The maximum absolute atomic E-state index is 11.5. The van der Waals surface area contributed by atoms with Crippen LogP contribution in [0.2, 0.25) is 0 Å². The quantitative estimate of drug-likeness (QED) is 0.235. The van der Waals surface area contributed by atoms with E-state index in [9.17, 15) is 28.8 Å². The first-order valence-electron chi connectivity index (χ1n) is 13.7. The van der Waals surface area contributed by atoms with Crippen molar-refractivity contribution in [1.29, 1.82) is 0 Å². The third-order valence-electron chi connectivity index (χ3n) is 7.03. The van der Waals surface area contributed by atoms with Crippen molar-refractivity contribution in [3.63, 3.8) is 0 Å². The lowest BCUT2D eigenvalue weighted by Crippen LogP contribution is -2.28. The van der Waals surface area contributed by atoms with Crippen LogP contribution in [0.4, 0.5) is 0 Å². The molecule has 2 aromatic carbocycles. The molecule has 6 unspecified atom stereocenters. The van der Waals surface area contributed by atoms with Crippen LogP contribution in [0.5, 0.6) is 0 Å². The second-order valence-corrected chi connectivity index (χ2v) is 10.4. The van der Waals surface area contributed by atoms with Gasteiger partial charge in [0.15, 0.2) is 0 Å². The fourth-order valence-electron chi connectivity index (χ4n) is 4.43. The average molecular weight is 617 g/mol. The number of aliphatic carboxylic acids is 2. The fraction of sp³-hybridized carbons (Fsp3) is 0.471. The number of rotatable bonds is 9. The molecule has 2 N–H and O–H groups in total. The minimum atomic E-state index is -1.07. The Labute approximate surface area is 260 Å². The maximum Gasteiger partial charge on any atom is 0.317 e. The van der Waals surface area contributed by atoms with Crippen molar-refractivity contribution >= 4 is 35.8 Å². The molecule has 3 rings (SSSR count). The van der Waals surface area contributed by atoms with Crippen LogP contribution in [-0.4, -0.2) is 46.0 Å². The van der Waals surface area contributed by atoms with E-state index in [4.69, 9.17) is 10.2 Å². The summed E-state index contributed by atoms with van der Waals surface area (Å²) in [6.07, 6.45) is 0.989. The predicted molar refractivity (Wildman–Crippen MR) is 167 cm³/mol. The van der Waals surface area contributed by atoms with Crippen LogP contribution in [0.25, 0.3) is 0 Å². The molecule has 0 spiro atoms. The molecule has 0 radical (unpaired) electrons. The molecular formula is C34H48O10. The first-order valence-corrected chi connectivity index (χ1v) is 13.7. The van der Waals surface area contributed by atoms with Gasteiger partial charge in [0.2, 0.25) is 0 Å². The average Bonchev–Trinajstić information content (AvgIpc) is 3.17. The Balaban J connectivity index is 0. The largest absolute Gasteiger partial charge is 0.481 e. The van der Waals surface area contributed by atoms with E-state index in [1.165, 1.54) is 26.3 Å². The summed E-state index contributed by atoms with van der Waals surface area (Å²) < 4.78 is 8.62. The van der Waals surface area contributed by atoms with Crippen molar-refractivity contribution in [3.05, 3.63) is 71.8 Å². The summed E-state index contributed by atoms with van der Waals surface area (Å²) in [6, 6.07) is 19.5. The third kappa shape index (κ3) is 14.2. The number of carbonyl (C=O) groups excluding carboxylic acids is 4. The van der Waals surface area contributed by atoms with Gasteiger partial charge in [-0.05, 0) is 35.8 Å². The number of esters is 4. The standard InChI is InChI=1S/C14H18O4.C14H16O3.C4H6O3.2CH4/c1-9(11-6-4-3-5-7-11)8-12(14(17)18)10(2)13(15)16;1-9(11-6-4-3-5-7-11)8-12-10(2)13(15)17-14(12)16;1-3(5)7-4(2)6;;/h3-7,9-10,12H,8H2,1-2H3,(H,15,16)(H,17,18);3-7,9-10,12H,8H2,1-2H3;1-2H3;2*1H4. The predicted octanol–water partition coefficient (Wildman–Crippen LogP) is 6.49. The van der Waals surface area contributed by atoms with E-state index in [-0.39, 0.29) is 50.5 Å². The van der Waals surface area contributed by atoms with Crippen molar-refractivity contribution in [2.75, 3.05) is 0 Å². The third-order valence-corrected chi connectivity index (χ3v) is 7.03. The van der Waals surface area contributed by atoms with E-state index in [2.05, 4.69) is 16.4 Å². The SMILES string of the molecule is C.C.CC(=O)OC(C)=O.CC(CC(C(=O)O)C(C)C(=O)O)c1ccccc1.CC(CC1C(=O)OC(=O)C1C)c1ccccc1. The van der Waals surface area contributed by atoms with E-state index >= 15 is 0 Å². The molecule has 10 nitrogen and oxygen atoms in total. The first kappa shape index (κ1) is 41.8. The Bertz CT molecular complexity index is 1200. The smallest absolute Gasteiger partial charge is 0.317 e. The van der Waals surface area contributed by atoms with Gasteiger partial charge in [-0.25, -0.2) is 0 Å². The molecule has 244 valence electrons. The second kappa shape index (κ2) is 20.5. The highest BCUT2D eigenvalue weighted by molar-refractivity contribution is 5.96. The molecule has 44 heavy (non-hydrogen) atoms. The second-order valence-electron chi connectivity index (χ2n) is 10.4. The summed E-state index contributed by atoms with van der Waals surface area (Å²) in [7, 11) is 0. The highest BCUT2D eigenvalue weighted by Crippen LogP contribution is 2.33. The van der Waals surface area contributed by atoms with Gasteiger partial charge >= 0.3 is 35.8 Å². The molecule has 0 aromatic heterocycles. The number of carbonyl (C=O) groups is 6. The van der Waals surface area contributed by atoms with Crippen molar-refractivity contribution in [2.24, 2.45) is 23.7 Å². The lowest BCUT2D eigenvalue weighted by Gasteiger charge is -2.20. The van der Waals surface area contributed by atoms with E-state index in [1.807, 2.05) is 67.6 Å². The Morgan fingerprint density at radius 3 is 1.50 bits per heavy atom. The number of hydrogen-bond acceptors (Lipinski definition) is 8. The molecule has 1 heterocycles. The highest BCUT2D eigenvalue weighted by atomic mass is 16.6. The van der Waals surface area contributed by atoms with Gasteiger partial charge in [-0.3, -0.25) is 28.8 Å². The van der Waals surface area contributed by atoms with Crippen LogP contribution < -0.4 is 0 Å². The van der Waals surface area contributed by atoms with Gasteiger partial charge in [0.25, 0.3) is 0 Å². The van der Waals surface area contributed by atoms with Gasteiger partial charge in [0, 0.05) is 13.8 Å². The summed E-state index contributed by atoms with van der Waals surface area (Å²) in [5, 5.41) is 18.0. The zero-order chi connectivity index (χ0) is 32.0. The Kier molecular flexibility index (Phi) is 19.5. The summed E-state index contributed by atoms with van der Waals surface area (Å²) >= 11 is 0. The number of hydrogen-bond donors (Lipinski definition) is 2. The van der Waals surface area contributed by atoms with Gasteiger partial charge in [0.1, 0.15) is 0 Å². The van der Waals surface area contributed by atoms with Gasteiger partial charge < -0.3 is 19.7 Å². The molecule has 1 fully saturated rings. The van der Waals surface area contributed by atoms with Crippen LogP contribution >= 0.6 is 0 Å². The maximum atomic E-state index is 11.5. The summed E-state index contributed by atoms with van der Waals surface area (Å²) in [5.74, 6) is -6.07. The van der Waals surface area contributed by atoms with Gasteiger partial charge in [-0.1, -0.05) is 103 Å². The molecule has 0 amide bonds. The number of ether oxygens (including phenoxy) is 2. The zero-order valence-electron chi connectivity index (χ0n) is 24.8. The fourth-order valence-corrected chi connectivity index (χ4v) is 4.43. The lowest BCUT2D eigenvalue weighted by molar-refractivity contribution is -0.157. The van der Waals surface area contributed by atoms with Crippen LogP contribution in [0.15, 0.2) is 60.7 Å². The molecule has 2 aromatic rings.